The molecular weight excluding hydrogens is 502 g/mol. The fourth-order valence-corrected chi connectivity index (χ4v) is 5.43. The lowest BCUT2D eigenvalue weighted by molar-refractivity contribution is -0.308. The molecule has 0 saturated carbocycles. The Morgan fingerprint density at radius 1 is 1.03 bits per heavy atom. The van der Waals surface area contributed by atoms with Crippen LogP contribution >= 0.6 is 11.6 Å². The summed E-state index contributed by atoms with van der Waals surface area (Å²) in [5.41, 5.74) is 8.14. The van der Waals surface area contributed by atoms with Crippen LogP contribution in [-0.2, 0) is 11.3 Å². The van der Waals surface area contributed by atoms with Crippen LogP contribution in [0.1, 0.15) is 18.4 Å². The maximum absolute atomic E-state index is 12.7. The fourth-order valence-electron chi connectivity index (χ4n) is 5.23. The Balaban J connectivity index is 1.36. The van der Waals surface area contributed by atoms with E-state index in [1.54, 1.807) is 0 Å². The van der Waals surface area contributed by atoms with Crippen LogP contribution in [0.15, 0.2) is 18.2 Å². The van der Waals surface area contributed by atoms with Gasteiger partial charge in [0.05, 0.1) is 0 Å². The SMILES string of the molecule is NC1CCN(c2ccc(Cl)cc2CN2CC3CN(C(=O)OC(C(F)(F)F)C(F)(F)F)CC3C2)CC1. The van der Waals surface area contributed by atoms with Gasteiger partial charge in [-0.25, -0.2) is 4.79 Å². The van der Waals surface area contributed by atoms with Crippen molar-refractivity contribution in [2.45, 2.75) is 43.9 Å². The van der Waals surface area contributed by atoms with Crippen molar-refractivity contribution in [3.8, 4) is 0 Å². The standard InChI is InChI=1S/C22H27ClF6N4O2/c23-16-1-2-18(32-5-3-17(30)4-6-32)13(7-16)8-31-9-14-11-33(12-15(14)10-31)20(34)35-19(21(24,25)26)22(27,28)29/h1-2,7,14-15,17,19H,3-6,8-12,30H2. The average Bonchev–Trinajstić information content (AvgIpc) is 3.30. The highest BCUT2D eigenvalue weighted by atomic mass is 35.5. The zero-order chi connectivity index (χ0) is 25.5. The van der Waals surface area contributed by atoms with Gasteiger partial charge in [0.15, 0.2) is 0 Å². The summed E-state index contributed by atoms with van der Waals surface area (Å²) >= 11 is 6.24. The first-order valence-corrected chi connectivity index (χ1v) is 11.8. The lowest BCUT2D eigenvalue weighted by atomic mass is 10.0. The molecule has 3 fully saturated rings. The molecule has 35 heavy (non-hydrogen) atoms. The highest BCUT2D eigenvalue weighted by Gasteiger charge is 2.60. The molecule has 2 atom stereocenters. The summed E-state index contributed by atoms with van der Waals surface area (Å²) < 4.78 is 80.2. The first-order valence-electron chi connectivity index (χ1n) is 11.4. The number of nitrogens with two attached hydrogens (primary N) is 1. The maximum Gasteiger partial charge on any atom is 0.434 e. The number of alkyl halides is 6. The van der Waals surface area contributed by atoms with E-state index in [0.29, 0.717) is 24.7 Å². The molecule has 1 aromatic carbocycles. The smallest absolute Gasteiger partial charge is 0.426 e. The Bertz CT molecular complexity index is 894. The molecule has 6 nitrogen and oxygen atoms in total. The zero-order valence-corrected chi connectivity index (χ0v) is 19.5. The number of nitrogens with zero attached hydrogens (tertiary/aromatic N) is 3. The third kappa shape index (κ3) is 6.08. The molecule has 0 aliphatic carbocycles. The van der Waals surface area contributed by atoms with E-state index < -0.39 is 24.5 Å². The Kier molecular flexibility index (Phi) is 7.36. The molecule has 13 heteroatoms. The molecule has 0 aromatic heterocycles. The van der Waals surface area contributed by atoms with Gasteiger partial charge in [0, 0.05) is 62.6 Å². The third-order valence-corrected chi connectivity index (χ3v) is 7.18. The van der Waals surface area contributed by atoms with Gasteiger partial charge in [-0.2, -0.15) is 26.3 Å². The summed E-state index contributed by atoms with van der Waals surface area (Å²) in [5, 5.41) is 0.606. The Hall–Kier alpha value is -1.92. The van der Waals surface area contributed by atoms with Crippen molar-refractivity contribution in [2.24, 2.45) is 17.6 Å². The van der Waals surface area contributed by atoms with Crippen molar-refractivity contribution < 1.29 is 35.9 Å². The molecule has 0 bridgehead atoms. The van der Waals surface area contributed by atoms with Crippen molar-refractivity contribution in [2.75, 3.05) is 44.2 Å². The van der Waals surface area contributed by atoms with Crippen molar-refractivity contribution in [3.63, 3.8) is 0 Å². The van der Waals surface area contributed by atoms with Crippen LogP contribution in [0.25, 0.3) is 0 Å². The summed E-state index contributed by atoms with van der Waals surface area (Å²) in [7, 11) is 0. The summed E-state index contributed by atoms with van der Waals surface area (Å²) in [4.78, 5) is 17.5. The minimum Gasteiger partial charge on any atom is -0.426 e. The normalized spacial score (nSPS) is 24.4. The van der Waals surface area contributed by atoms with Gasteiger partial charge in [-0.15, -0.1) is 0 Å². The van der Waals surface area contributed by atoms with E-state index in [1.807, 2.05) is 18.2 Å². The number of benzene rings is 1. The molecule has 1 amide bonds. The summed E-state index contributed by atoms with van der Waals surface area (Å²) in [6.07, 6.45) is -15.4. The molecule has 3 saturated heterocycles. The largest absolute Gasteiger partial charge is 0.434 e. The molecule has 3 heterocycles. The summed E-state index contributed by atoms with van der Waals surface area (Å²) in [6.45, 7) is 3.51. The number of amides is 1. The lowest BCUT2D eigenvalue weighted by Crippen LogP contribution is -2.48. The van der Waals surface area contributed by atoms with E-state index in [4.69, 9.17) is 17.3 Å². The van der Waals surface area contributed by atoms with Gasteiger partial charge in [-0.3, -0.25) is 4.90 Å². The second kappa shape index (κ2) is 9.85. The van der Waals surface area contributed by atoms with Crippen molar-refractivity contribution in [3.05, 3.63) is 28.8 Å². The number of halogens is 7. The van der Waals surface area contributed by atoms with Gasteiger partial charge in [0.2, 0.25) is 0 Å². The fraction of sp³-hybridized carbons (Fsp3) is 0.682. The predicted molar refractivity (Wildman–Crippen MR) is 117 cm³/mol. The molecule has 0 radical (unpaired) electrons. The van der Waals surface area contributed by atoms with Crippen LogP contribution in [0.3, 0.4) is 0 Å². The topological polar surface area (TPSA) is 62.0 Å². The number of fused-ring (bicyclic) bond motifs is 1. The number of likely N-dealkylation sites (tertiary alicyclic amines) is 2. The zero-order valence-electron chi connectivity index (χ0n) is 18.8. The molecule has 3 aliphatic heterocycles. The van der Waals surface area contributed by atoms with Gasteiger partial charge in [-0.05, 0) is 48.4 Å². The van der Waals surface area contributed by atoms with Crippen molar-refractivity contribution in [1.29, 1.82) is 0 Å². The molecule has 4 rings (SSSR count). The number of rotatable bonds is 4. The number of carbonyl (C=O) groups excluding carboxylic acids is 1. The number of hydrogen-bond donors (Lipinski definition) is 1. The van der Waals surface area contributed by atoms with Crippen LogP contribution in [0.5, 0.6) is 0 Å². The van der Waals surface area contributed by atoms with E-state index in [0.717, 1.165) is 42.1 Å². The molecule has 1 aromatic rings. The van der Waals surface area contributed by atoms with E-state index in [1.165, 1.54) is 0 Å². The van der Waals surface area contributed by atoms with Crippen LogP contribution in [0.2, 0.25) is 5.02 Å². The lowest BCUT2D eigenvalue weighted by Gasteiger charge is -2.34. The Labute approximate surface area is 203 Å². The summed E-state index contributed by atoms with van der Waals surface area (Å²) in [5.74, 6) is -0.123. The average molecular weight is 529 g/mol. The highest BCUT2D eigenvalue weighted by molar-refractivity contribution is 6.30. The van der Waals surface area contributed by atoms with Crippen molar-refractivity contribution >= 4 is 23.4 Å². The second-order valence-corrected chi connectivity index (χ2v) is 10.0. The van der Waals surface area contributed by atoms with Crippen LogP contribution in [-0.4, -0.2) is 79.7 Å². The minimum atomic E-state index is -5.73. The van der Waals surface area contributed by atoms with Crippen LogP contribution in [0, 0.1) is 11.8 Å². The van der Waals surface area contributed by atoms with E-state index >= 15 is 0 Å². The van der Waals surface area contributed by atoms with E-state index in [-0.39, 0.29) is 31.0 Å². The maximum atomic E-state index is 12.7. The van der Waals surface area contributed by atoms with E-state index in [9.17, 15) is 31.1 Å². The third-order valence-electron chi connectivity index (χ3n) is 6.95. The molecule has 3 aliphatic rings. The number of carbonyl (C=O) groups is 1. The monoisotopic (exact) mass is 528 g/mol. The first-order chi connectivity index (χ1) is 16.3. The van der Waals surface area contributed by atoms with E-state index in [2.05, 4.69) is 14.5 Å². The van der Waals surface area contributed by atoms with Gasteiger partial charge in [0.1, 0.15) is 0 Å². The Morgan fingerprint density at radius 2 is 1.60 bits per heavy atom. The first kappa shape index (κ1) is 26.2. The molecule has 2 unspecified atom stereocenters. The molecular formula is C22H27ClF6N4O2. The van der Waals surface area contributed by atoms with Crippen LogP contribution < -0.4 is 10.6 Å². The van der Waals surface area contributed by atoms with Crippen LogP contribution in [0.4, 0.5) is 36.8 Å². The van der Waals surface area contributed by atoms with Crippen molar-refractivity contribution in [1.82, 2.24) is 9.80 Å². The van der Waals surface area contributed by atoms with Gasteiger partial charge >= 0.3 is 18.4 Å². The summed E-state index contributed by atoms with van der Waals surface area (Å²) in [6, 6.07) is 5.93. The highest BCUT2D eigenvalue weighted by Crippen LogP contribution is 2.38. The number of ether oxygens (including phenoxy) is 1. The molecule has 0 spiro atoms. The second-order valence-electron chi connectivity index (χ2n) is 9.56. The predicted octanol–water partition coefficient (Wildman–Crippen LogP) is 4.26. The quantitative estimate of drug-likeness (QED) is 0.592. The van der Waals surface area contributed by atoms with Gasteiger partial charge < -0.3 is 20.3 Å². The number of hydrogen-bond acceptors (Lipinski definition) is 5. The van der Waals surface area contributed by atoms with Gasteiger partial charge in [-0.1, -0.05) is 11.6 Å². The number of piperidine rings is 1. The van der Waals surface area contributed by atoms with Gasteiger partial charge in [0.25, 0.3) is 6.10 Å². The number of anilines is 1. The minimum absolute atomic E-state index is 0.0504. The molecule has 2 N–H and O–H groups in total. The Morgan fingerprint density at radius 3 is 2.14 bits per heavy atom. The molecule has 196 valence electrons.